The Morgan fingerprint density at radius 3 is 2.83 bits per heavy atom. The Morgan fingerprint density at radius 1 is 1.33 bits per heavy atom. The monoisotopic (exact) mass is 269 g/mol. The second kappa shape index (κ2) is 6.18. The Kier molecular flexibility index (Phi) is 4.58. The highest BCUT2D eigenvalue weighted by Crippen LogP contribution is 2.24. The van der Waals surface area contributed by atoms with Crippen LogP contribution in [0, 0.1) is 5.92 Å². The molecule has 5 nitrogen and oxygen atoms in total. The van der Waals surface area contributed by atoms with Crippen LogP contribution >= 0.6 is 11.6 Å². The van der Waals surface area contributed by atoms with Crippen molar-refractivity contribution < 1.29 is 0 Å². The molecular weight excluding hydrogens is 250 g/mol. The van der Waals surface area contributed by atoms with E-state index in [1.165, 1.54) is 12.8 Å². The number of nitrogens with one attached hydrogen (secondary N) is 1. The molecule has 1 saturated heterocycles. The molecule has 0 saturated carbocycles. The van der Waals surface area contributed by atoms with Crippen LogP contribution in [-0.4, -0.2) is 34.6 Å². The predicted molar refractivity (Wildman–Crippen MR) is 74.2 cm³/mol. The van der Waals surface area contributed by atoms with Crippen molar-refractivity contribution in [2.24, 2.45) is 5.92 Å². The predicted octanol–water partition coefficient (Wildman–Crippen LogP) is 2.58. The van der Waals surface area contributed by atoms with Crippen LogP contribution in [-0.2, 0) is 0 Å². The molecule has 1 aromatic rings. The van der Waals surface area contributed by atoms with Crippen LogP contribution in [0.5, 0.6) is 0 Å². The lowest BCUT2D eigenvalue weighted by Crippen LogP contribution is -2.23. The number of aromatic nitrogens is 3. The zero-order chi connectivity index (χ0) is 13.0. The Balaban J connectivity index is 2.10. The highest BCUT2D eigenvalue weighted by Gasteiger charge is 2.23. The zero-order valence-corrected chi connectivity index (χ0v) is 11.7. The van der Waals surface area contributed by atoms with Gasteiger partial charge in [-0.2, -0.15) is 15.0 Å². The van der Waals surface area contributed by atoms with E-state index in [4.69, 9.17) is 11.6 Å². The van der Waals surface area contributed by atoms with Gasteiger partial charge < -0.3 is 10.2 Å². The fourth-order valence-electron chi connectivity index (χ4n) is 2.14. The Labute approximate surface area is 113 Å². The average Bonchev–Trinajstić information content (AvgIpc) is 2.84. The molecule has 1 atom stereocenters. The smallest absolute Gasteiger partial charge is 0.231 e. The fraction of sp³-hybridized carbons (Fsp3) is 0.750. The second-order valence-corrected chi connectivity index (χ2v) is 5.00. The molecule has 0 aromatic carbocycles. The summed E-state index contributed by atoms with van der Waals surface area (Å²) in [5, 5.41) is 3.41. The van der Waals surface area contributed by atoms with Crippen molar-refractivity contribution >= 4 is 23.5 Å². The van der Waals surface area contributed by atoms with Gasteiger partial charge in [0.1, 0.15) is 0 Å². The summed E-state index contributed by atoms with van der Waals surface area (Å²) < 4.78 is 0. The largest absolute Gasteiger partial charge is 0.354 e. The van der Waals surface area contributed by atoms with Gasteiger partial charge in [0, 0.05) is 19.6 Å². The number of hydrogen-bond donors (Lipinski definition) is 1. The number of anilines is 2. The molecule has 1 aromatic heterocycles. The van der Waals surface area contributed by atoms with Gasteiger partial charge in [0.25, 0.3) is 0 Å². The van der Waals surface area contributed by atoms with Crippen LogP contribution in [0.4, 0.5) is 11.9 Å². The van der Waals surface area contributed by atoms with Gasteiger partial charge in [-0.3, -0.25) is 0 Å². The molecule has 2 rings (SSSR count). The third-order valence-electron chi connectivity index (χ3n) is 3.28. The lowest BCUT2D eigenvalue weighted by atomic mass is 10.1. The summed E-state index contributed by atoms with van der Waals surface area (Å²) in [6.45, 7) is 7.19. The Bertz CT molecular complexity index is 398. The summed E-state index contributed by atoms with van der Waals surface area (Å²) in [4.78, 5) is 14.9. The first kappa shape index (κ1) is 13.3. The summed E-state index contributed by atoms with van der Waals surface area (Å²) in [7, 11) is 0. The number of nitrogens with zero attached hydrogens (tertiary/aromatic N) is 4. The van der Waals surface area contributed by atoms with E-state index in [2.05, 4.69) is 39.0 Å². The van der Waals surface area contributed by atoms with Crippen molar-refractivity contribution in [3.05, 3.63) is 5.28 Å². The van der Waals surface area contributed by atoms with Gasteiger partial charge in [0.15, 0.2) is 0 Å². The van der Waals surface area contributed by atoms with Crippen molar-refractivity contribution in [1.29, 1.82) is 0 Å². The van der Waals surface area contributed by atoms with Crippen molar-refractivity contribution in [2.45, 2.75) is 33.1 Å². The third-order valence-corrected chi connectivity index (χ3v) is 3.44. The summed E-state index contributed by atoms with van der Waals surface area (Å²) in [6.07, 6.45) is 3.44. The summed E-state index contributed by atoms with van der Waals surface area (Å²) in [5.74, 6) is 2.02. The minimum Gasteiger partial charge on any atom is -0.354 e. The Hall–Kier alpha value is -1.10. The van der Waals surface area contributed by atoms with Crippen LogP contribution in [0.25, 0.3) is 0 Å². The lowest BCUT2D eigenvalue weighted by Gasteiger charge is -2.16. The summed E-state index contributed by atoms with van der Waals surface area (Å²) in [5.41, 5.74) is 0. The molecule has 0 radical (unpaired) electrons. The molecule has 1 N–H and O–H groups in total. The number of halogens is 1. The topological polar surface area (TPSA) is 53.9 Å². The molecule has 6 heteroatoms. The number of rotatable bonds is 5. The van der Waals surface area contributed by atoms with Gasteiger partial charge in [-0.25, -0.2) is 0 Å². The van der Waals surface area contributed by atoms with E-state index in [1.807, 2.05) is 0 Å². The number of hydrogen-bond acceptors (Lipinski definition) is 5. The minimum absolute atomic E-state index is 0.263. The zero-order valence-electron chi connectivity index (χ0n) is 11.0. The van der Waals surface area contributed by atoms with Gasteiger partial charge in [-0.1, -0.05) is 20.3 Å². The maximum atomic E-state index is 5.95. The Morgan fingerprint density at radius 2 is 2.17 bits per heavy atom. The standard InChI is InChI=1S/C12H20ClN5/c1-3-6-14-11-15-10(13)16-12(17-11)18-7-5-9(4-2)8-18/h9H,3-8H2,1-2H3,(H,14,15,16,17). The van der Waals surface area contributed by atoms with E-state index in [1.54, 1.807) is 0 Å². The minimum atomic E-state index is 0.263. The van der Waals surface area contributed by atoms with Crippen LogP contribution in [0.2, 0.25) is 5.28 Å². The van der Waals surface area contributed by atoms with E-state index < -0.39 is 0 Å². The molecule has 0 aliphatic carbocycles. The van der Waals surface area contributed by atoms with Gasteiger partial charge in [0.05, 0.1) is 0 Å². The molecule has 0 amide bonds. The first-order valence-electron chi connectivity index (χ1n) is 6.63. The summed E-state index contributed by atoms with van der Waals surface area (Å²) in [6, 6.07) is 0. The van der Waals surface area contributed by atoms with E-state index in [0.29, 0.717) is 11.9 Å². The molecular formula is C12H20ClN5. The average molecular weight is 270 g/mol. The maximum absolute atomic E-state index is 5.95. The molecule has 100 valence electrons. The SMILES string of the molecule is CCCNc1nc(Cl)nc(N2CCC(CC)C2)n1. The fourth-order valence-corrected chi connectivity index (χ4v) is 2.30. The highest BCUT2D eigenvalue weighted by atomic mass is 35.5. The molecule has 1 aliphatic rings. The van der Waals surface area contributed by atoms with Crippen LogP contribution in [0.3, 0.4) is 0 Å². The van der Waals surface area contributed by atoms with Gasteiger partial charge in [-0.15, -0.1) is 0 Å². The molecule has 0 spiro atoms. The molecule has 1 fully saturated rings. The summed E-state index contributed by atoms with van der Waals surface area (Å²) >= 11 is 5.95. The molecule has 1 unspecified atom stereocenters. The molecule has 1 aliphatic heterocycles. The van der Waals surface area contributed by atoms with Gasteiger partial charge in [0.2, 0.25) is 17.2 Å². The lowest BCUT2D eigenvalue weighted by molar-refractivity contribution is 0.568. The maximum Gasteiger partial charge on any atom is 0.231 e. The van der Waals surface area contributed by atoms with E-state index >= 15 is 0 Å². The van der Waals surface area contributed by atoms with E-state index in [0.717, 1.165) is 32.0 Å². The first-order chi connectivity index (χ1) is 8.72. The van der Waals surface area contributed by atoms with E-state index in [9.17, 15) is 0 Å². The van der Waals surface area contributed by atoms with Gasteiger partial charge >= 0.3 is 0 Å². The van der Waals surface area contributed by atoms with Crippen LogP contribution in [0.1, 0.15) is 33.1 Å². The normalized spacial score (nSPS) is 19.3. The van der Waals surface area contributed by atoms with E-state index in [-0.39, 0.29) is 5.28 Å². The second-order valence-electron chi connectivity index (χ2n) is 4.66. The van der Waals surface area contributed by atoms with Crippen molar-refractivity contribution in [3.63, 3.8) is 0 Å². The quantitative estimate of drug-likeness (QED) is 0.890. The molecule has 0 bridgehead atoms. The third kappa shape index (κ3) is 3.22. The van der Waals surface area contributed by atoms with Crippen molar-refractivity contribution in [1.82, 2.24) is 15.0 Å². The molecule has 2 heterocycles. The molecule has 18 heavy (non-hydrogen) atoms. The van der Waals surface area contributed by atoms with Crippen molar-refractivity contribution in [3.8, 4) is 0 Å². The van der Waals surface area contributed by atoms with Crippen LogP contribution < -0.4 is 10.2 Å². The first-order valence-corrected chi connectivity index (χ1v) is 7.01. The van der Waals surface area contributed by atoms with Gasteiger partial charge in [-0.05, 0) is 30.4 Å². The van der Waals surface area contributed by atoms with Crippen LogP contribution in [0.15, 0.2) is 0 Å². The highest BCUT2D eigenvalue weighted by molar-refractivity contribution is 6.28. The van der Waals surface area contributed by atoms with Crippen molar-refractivity contribution in [2.75, 3.05) is 29.9 Å².